The molecule has 1 N–H and O–H groups in total. The number of ether oxygens (including phenoxy) is 1. The lowest BCUT2D eigenvalue weighted by atomic mass is 10.1. The highest BCUT2D eigenvalue weighted by molar-refractivity contribution is 7.10. The molecule has 0 unspecified atom stereocenters. The van der Waals surface area contributed by atoms with Crippen molar-refractivity contribution in [1.82, 2.24) is 10.2 Å². The van der Waals surface area contributed by atoms with Gasteiger partial charge in [0.05, 0.1) is 7.11 Å². The Morgan fingerprint density at radius 2 is 2.08 bits per heavy atom. The third-order valence-corrected chi connectivity index (χ3v) is 5.42. The minimum Gasteiger partial charge on any atom is -0.496 e. The van der Waals surface area contributed by atoms with Gasteiger partial charge in [0, 0.05) is 42.9 Å². The molecule has 5 nitrogen and oxygen atoms in total. The van der Waals surface area contributed by atoms with E-state index in [9.17, 15) is 9.59 Å². The maximum absolute atomic E-state index is 12.3. The normalized spacial score (nSPS) is 13.2. The molecule has 1 aliphatic heterocycles. The van der Waals surface area contributed by atoms with E-state index >= 15 is 0 Å². The molecule has 0 fully saturated rings. The summed E-state index contributed by atoms with van der Waals surface area (Å²) in [4.78, 5) is 27.6. The summed E-state index contributed by atoms with van der Waals surface area (Å²) in [6.07, 6.45) is 1.37. The zero-order valence-corrected chi connectivity index (χ0v) is 15.1. The molecule has 25 heavy (non-hydrogen) atoms. The Hall–Kier alpha value is -2.34. The van der Waals surface area contributed by atoms with Gasteiger partial charge in [-0.2, -0.15) is 0 Å². The fourth-order valence-corrected chi connectivity index (χ4v) is 3.86. The lowest BCUT2D eigenvalue weighted by Crippen LogP contribution is -2.36. The molecule has 3 rings (SSSR count). The zero-order chi connectivity index (χ0) is 17.6. The van der Waals surface area contributed by atoms with Crippen LogP contribution in [0.1, 0.15) is 28.8 Å². The lowest BCUT2D eigenvalue weighted by molar-refractivity contribution is -0.134. The summed E-state index contributed by atoms with van der Waals surface area (Å²) in [6.45, 7) is 1.81. The first-order chi connectivity index (χ1) is 12.2. The third kappa shape index (κ3) is 4.39. The maximum Gasteiger partial charge on any atom is 0.223 e. The predicted octanol–water partition coefficient (Wildman–Crippen LogP) is 2.74. The van der Waals surface area contributed by atoms with Crippen molar-refractivity contribution in [2.75, 3.05) is 13.7 Å². The molecule has 2 aromatic rings. The molecule has 1 aromatic heterocycles. The van der Waals surface area contributed by atoms with Crippen LogP contribution >= 0.6 is 11.3 Å². The largest absolute Gasteiger partial charge is 0.496 e. The van der Waals surface area contributed by atoms with Gasteiger partial charge in [0.15, 0.2) is 0 Å². The van der Waals surface area contributed by atoms with E-state index in [4.69, 9.17) is 4.74 Å². The fraction of sp³-hybridized carbons (Fsp3) is 0.368. The summed E-state index contributed by atoms with van der Waals surface area (Å²) in [5.74, 6) is 0.676. The highest BCUT2D eigenvalue weighted by Crippen LogP contribution is 2.24. The van der Waals surface area contributed by atoms with E-state index in [2.05, 4.69) is 16.8 Å². The number of rotatable bonds is 6. The number of methoxy groups -OCH3 is 1. The predicted molar refractivity (Wildman–Crippen MR) is 97.5 cm³/mol. The minimum absolute atomic E-state index is 0.0456. The van der Waals surface area contributed by atoms with Gasteiger partial charge in [0.1, 0.15) is 5.75 Å². The molecule has 0 spiro atoms. The molecule has 1 aliphatic rings. The van der Waals surface area contributed by atoms with Crippen molar-refractivity contribution in [2.24, 2.45) is 0 Å². The maximum atomic E-state index is 12.3. The smallest absolute Gasteiger partial charge is 0.223 e. The topological polar surface area (TPSA) is 58.6 Å². The van der Waals surface area contributed by atoms with Crippen molar-refractivity contribution in [2.45, 2.75) is 32.4 Å². The first-order valence-electron chi connectivity index (χ1n) is 8.39. The van der Waals surface area contributed by atoms with E-state index in [-0.39, 0.29) is 24.7 Å². The molecular formula is C19H22N2O3S. The van der Waals surface area contributed by atoms with Crippen molar-refractivity contribution in [3.8, 4) is 5.75 Å². The van der Waals surface area contributed by atoms with E-state index in [1.165, 1.54) is 10.4 Å². The standard InChI is InChI=1S/C19H22N2O3S/c1-24-16-5-3-2-4-14(16)12-20-18(22)6-7-19(23)21-10-8-17-15(13-21)9-11-25-17/h2-5,9,11H,6-8,10,12-13H2,1H3,(H,20,22). The quantitative estimate of drug-likeness (QED) is 0.864. The molecule has 0 saturated carbocycles. The summed E-state index contributed by atoms with van der Waals surface area (Å²) in [7, 11) is 1.61. The molecule has 0 radical (unpaired) electrons. The first-order valence-corrected chi connectivity index (χ1v) is 9.27. The van der Waals surface area contributed by atoms with Crippen molar-refractivity contribution in [3.63, 3.8) is 0 Å². The van der Waals surface area contributed by atoms with Crippen LogP contribution in [-0.2, 0) is 29.1 Å². The highest BCUT2D eigenvalue weighted by Gasteiger charge is 2.21. The number of hydrogen-bond acceptors (Lipinski definition) is 4. The van der Waals surface area contributed by atoms with Crippen LogP contribution in [0.3, 0.4) is 0 Å². The van der Waals surface area contributed by atoms with Gasteiger partial charge in [-0.3, -0.25) is 9.59 Å². The lowest BCUT2D eigenvalue weighted by Gasteiger charge is -2.27. The summed E-state index contributed by atoms with van der Waals surface area (Å²) >= 11 is 1.75. The Morgan fingerprint density at radius 3 is 2.92 bits per heavy atom. The molecule has 2 amide bonds. The van der Waals surface area contributed by atoms with Crippen LogP contribution < -0.4 is 10.1 Å². The molecular weight excluding hydrogens is 336 g/mol. The van der Waals surface area contributed by atoms with Crippen LogP contribution in [0.4, 0.5) is 0 Å². The van der Waals surface area contributed by atoms with Gasteiger partial charge < -0.3 is 15.0 Å². The van der Waals surface area contributed by atoms with Crippen LogP contribution in [0.15, 0.2) is 35.7 Å². The van der Waals surface area contributed by atoms with Gasteiger partial charge in [-0.1, -0.05) is 18.2 Å². The summed E-state index contributed by atoms with van der Waals surface area (Å²) in [5.41, 5.74) is 2.16. The Morgan fingerprint density at radius 1 is 1.24 bits per heavy atom. The van der Waals surface area contributed by atoms with E-state index in [1.54, 1.807) is 18.4 Å². The SMILES string of the molecule is COc1ccccc1CNC(=O)CCC(=O)N1CCc2sccc2C1. The van der Waals surface area contributed by atoms with Crippen molar-refractivity contribution in [1.29, 1.82) is 0 Å². The monoisotopic (exact) mass is 358 g/mol. The summed E-state index contributed by atoms with van der Waals surface area (Å²) in [5, 5.41) is 4.93. The molecule has 0 atom stereocenters. The number of carbonyl (C=O) groups is 2. The first kappa shape index (κ1) is 17.5. The van der Waals surface area contributed by atoms with Gasteiger partial charge >= 0.3 is 0 Å². The van der Waals surface area contributed by atoms with Crippen LogP contribution in [0.2, 0.25) is 0 Å². The minimum atomic E-state index is -0.118. The second kappa shape index (κ2) is 8.16. The average Bonchev–Trinajstić information content (AvgIpc) is 3.12. The van der Waals surface area contributed by atoms with Gasteiger partial charge in [0.25, 0.3) is 0 Å². The van der Waals surface area contributed by atoms with Crippen molar-refractivity contribution in [3.05, 3.63) is 51.7 Å². The van der Waals surface area contributed by atoms with E-state index in [0.29, 0.717) is 13.1 Å². The summed E-state index contributed by atoms with van der Waals surface area (Å²) < 4.78 is 5.27. The van der Waals surface area contributed by atoms with E-state index in [0.717, 1.165) is 24.3 Å². The number of para-hydroxylation sites is 1. The number of nitrogens with zero attached hydrogens (tertiary/aromatic N) is 1. The van der Waals surface area contributed by atoms with Crippen LogP contribution in [0, 0.1) is 0 Å². The average molecular weight is 358 g/mol. The Kier molecular flexibility index (Phi) is 5.71. The molecule has 0 bridgehead atoms. The van der Waals surface area contributed by atoms with Gasteiger partial charge in [-0.15, -0.1) is 11.3 Å². The van der Waals surface area contributed by atoms with Crippen LogP contribution in [-0.4, -0.2) is 30.4 Å². The highest BCUT2D eigenvalue weighted by atomic mass is 32.1. The van der Waals surface area contributed by atoms with Crippen LogP contribution in [0.25, 0.3) is 0 Å². The number of benzene rings is 1. The Labute approximate surface area is 151 Å². The van der Waals surface area contributed by atoms with E-state index in [1.807, 2.05) is 29.2 Å². The van der Waals surface area contributed by atoms with Crippen molar-refractivity contribution >= 4 is 23.2 Å². The summed E-state index contributed by atoms with van der Waals surface area (Å²) in [6, 6.07) is 9.65. The molecule has 132 valence electrons. The van der Waals surface area contributed by atoms with Gasteiger partial charge in [-0.25, -0.2) is 0 Å². The number of carbonyl (C=O) groups excluding carboxylic acids is 2. The molecule has 0 aliphatic carbocycles. The van der Waals surface area contributed by atoms with E-state index < -0.39 is 0 Å². The third-order valence-electron chi connectivity index (χ3n) is 4.39. The van der Waals surface area contributed by atoms with Crippen LogP contribution in [0.5, 0.6) is 5.75 Å². The second-order valence-corrected chi connectivity index (χ2v) is 7.02. The molecule has 0 saturated heterocycles. The Balaban J connectivity index is 1.44. The van der Waals surface area contributed by atoms with Crippen molar-refractivity contribution < 1.29 is 14.3 Å². The molecule has 2 heterocycles. The van der Waals surface area contributed by atoms with Gasteiger partial charge in [0.2, 0.25) is 11.8 Å². The zero-order valence-electron chi connectivity index (χ0n) is 14.3. The van der Waals surface area contributed by atoms with Gasteiger partial charge in [-0.05, 0) is 29.5 Å². The molecule has 6 heteroatoms. The number of amides is 2. The number of nitrogens with one attached hydrogen (secondary N) is 1. The number of hydrogen-bond donors (Lipinski definition) is 1. The number of fused-ring (bicyclic) bond motifs is 1. The number of thiophene rings is 1. The molecule has 1 aromatic carbocycles. The Bertz CT molecular complexity index is 757. The fourth-order valence-electron chi connectivity index (χ4n) is 2.97. The second-order valence-electron chi connectivity index (χ2n) is 6.02.